The fourth-order valence-corrected chi connectivity index (χ4v) is 2.22. The number of aliphatic hydroxyl groups excluding tert-OH is 2. The van der Waals surface area contributed by atoms with E-state index in [1.165, 1.54) is 38.5 Å². The minimum Gasteiger partial charge on any atom is -0.394 e. The minimum absolute atomic E-state index is 0.00579. The van der Waals surface area contributed by atoms with E-state index in [2.05, 4.69) is 5.32 Å². The van der Waals surface area contributed by atoms with Crippen LogP contribution in [0, 0.1) is 5.92 Å². The van der Waals surface area contributed by atoms with Crippen molar-refractivity contribution in [1.82, 2.24) is 5.32 Å². The van der Waals surface area contributed by atoms with E-state index in [1.807, 2.05) is 6.92 Å². The van der Waals surface area contributed by atoms with Crippen LogP contribution in [0.4, 0.5) is 0 Å². The highest BCUT2D eigenvalue weighted by molar-refractivity contribution is 4.81. The van der Waals surface area contributed by atoms with Crippen molar-refractivity contribution in [2.45, 2.75) is 51.0 Å². The van der Waals surface area contributed by atoms with Gasteiger partial charge < -0.3 is 15.5 Å². The molecule has 1 aliphatic rings. The van der Waals surface area contributed by atoms with Crippen LogP contribution >= 0.6 is 0 Å². The van der Waals surface area contributed by atoms with Crippen LogP contribution in [0.15, 0.2) is 0 Å². The van der Waals surface area contributed by atoms with E-state index in [9.17, 15) is 0 Å². The van der Waals surface area contributed by atoms with Crippen LogP contribution in [-0.4, -0.2) is 35.5 Å². The van der Waals surface area contributed by atoms with Gasteiger partial charge in [0, 0.05) is 0 Å². The Morgan fingerprint density at radius 2 is 1.73 bits per heavy atom. The minimum atomic E-state index is -0.505. The molecule has 0 atom stereocenters. The summed E-state index contributed by atoms with van der Waals surface area (Å²) in [5.41, 5.74) is -0.505. The van der Waals surface area contributed by atoms with Crippen molar-refractivity contribution < 1.29 is 10.2 Å². The van der Waals surface area contributed by atoms with Crippen molar-refractivity contribution in [3.63, 3.8) is 0 Å². The molecule has 3 nitrogen and oxygen atoms in total. The maximum absolute atomic E-state index is 9.10. The first-order valence-electron chi connectivity index (χ1n) is 6.17. The van der Waals surface area contributed by atoms with Gasteiger partial charge in [-0.05, 0) is 25.8 Å². The maximum atomic E-state index is 9.10. The number of rotatable bonds is 6. The quantitative estimate of drug-likeness (QED) is 0.626. The number of aliphatic hydroxyl groups is 2. The van der Waals surface area contributed by atoms with Gasteiger partial charge in [0.1, 0.15) is 0 Å². The molecule has 0 aromatic heterocycles. The molecule has 90 valence electrons. The number of nitrogens with one attached hydrogen (secondary N) is 1. The monoisotopic (exact) mass is 215 g/mol. The molecule has 0 spiro atoms. The summed E-state index contributed by atoms with van der Waals surface area (Å²) >= 11 is 0. The Morgan fingerprint density at radius 1 is 1.13 bits per heavy atom. The molecule has 0 radical (unpaired) electrons. The molecule has 0 aromatic carbocycles. The van der Waals surface area contributed by atoms with E-state index in [0.29, 0.717) is 0 Å². The summed E-state index contributed by atoms with van der Waals surface area (Å²) in [7, 11) is 0. The Morgan fingerprint density at radius 3 is 2.27 bits per heavy atom. The molecule has 3 heteroatoms. The van der Waals surface area contributed by atoms with Crippen molar-refractivity contribution in [3.8, 4) is 0 Å². The van der Waals surface area contributed by atoms with Gasteiger partial charge in [-0.3, -0.25) is 0 Å². The van der Waals surface area contributed by atoms with Gasteiger partial charge in [-0.1, -0.05) is 32.1 Å². The molecule has 1 fully saturated rings. The van der Waals surface area contributed by atoms with Crippen LogP contribution in [-0.2, 0) is 0 Å². The van der Waals surface area contributed by atoms with Gasteiger partial charge in [0.05, 0.1) is 18.8 Å². The Bertz CT molecular complexity index is 163. The Kier molecular flexibility index (Phi) is 5.58. The fraction of sp³-hybridized carbons (Fsp3) is 1.00. The molecule has 0 amide bonds. The molecule has 0 aromatic rings. The molecule has 0 unspecified atom stereocenters. The molecule has 0 aliphatic heterocycles. The van der Waals surface area contributed by atoms with Crippen LogP contribution < -0.4 is 5.32 Å². The summed E-state index contributed by atoms with van der Waals surface area (Å²) in [6.07, 6.45) is 8.04. The fourth-order valence-electron chi connectivity index (χ4n) is 2.22. The summed E-state index contributed by atoms with van der Waals surface area (Å²) in [5.74, 6) is 0.855. The van der Waals surface area contributed by atoms with Crippen LogP contribution in [0.1, 0.15) is 45.4 Å². The SMILES string of the molecule is CC(CO)(CO)NCCC1CCCCC1. The van der Waals surface area contributed by atoms with E-state index in [4.69, 9.17) is 10.2 Å². The van der Waals surface area contributed by atoms with Crippen molar-refractivity contribution in [3.05, 3.63) is 0 Å². The van der Waals surface area contributed by atoms with E-state index in [1.54, 1.807) is 0 Å². The van der Waals surface area contributed by atoms with Crippen molar-refractivity contribution in [1.29, 1.82) is 0 Å². The average molecular weight is 215 g/mol. The lowest BCUT2D eigenvalue weighted by Gasteiger charge is -2.28. The molecule has 1 saturated carbocycles. The Balaban J connectivity index is 2.14. The Labute approximate surface area is 92.9 Å². The second kappa shape index (κ2) is 6.46. The first-order valence-corrected chi connectivity index (χ1v) is 6.17. The van der Waals surface area contributed by atoms with Gasteiger partial charge in [-0.15, -0.1) is 0 Å². The largest absolute Gasteiger partial charge is 0.394 e. The van der Waals surface area contributed by atoms with Gasteiger partial charge in [0.15, 0.2) is 0 Å². The molecular weight excluding hydrogens is 190 g/mol. The van der Waals surface area contributed by atoms with E-state index >= 15 is 0 Å². The lowest BCUT2D eigenvalue weighted by molar-refractivity contribution is 0.102. The lowest BCUT2D eigenvalue weighted by Crippen LogP contribution is -2.49. The predicted molar refractivity (Wildman–Crippen MR) is 61.8 cm³/mol. The predicted octanol–water partition coefficient (Wildman–Crippen LogP) is 1.29. The highest BCUT2D eigenvalue weighted by Gasteiger charge is 2.21. The van der Waals surface area contributed by atoms with Crippen LogP contribution in [0.5, 0.6) is 0 Å². The van der Waals surface area contributed by atoms with E-state index in [0.717, 1.165) is 12.5 Å². The van der Waals surface area contributed by atoms with Crippen molar-refractivity contribution >= 4 is 0 Å². The van der Waals surface area contributed by atoms with E-state index < -0.39 is 5.54 Å². The first-order chi connectivity index (χ1) is 7.20. The molecular formula is C12H25NO2. The molecule has 15 heavy (non-hydrogen) atoms. The normalized spacial score (nSPS) is 19.4. The molecule has 0 bridgehead atoms. The van der Waals surface area contributed by atoms with Gasteiger partial charge in [0.25, 0.3) is 0 Å². The van der Waals surface area contributed by atoms with Gasteiger partial charge >= 0.3 is 0 Å². The molecule has 1 aliphatic carbocycles. The zero-order chi connectivity index (χ0) is 11.1. The van der Waals surface area contributed by atoms with Crippen molar-refractivity contribution in [2.75, 3.05) is 19.8 Å². The summed E-state index contributed by atoms with van der Waals surface area (Å²) in [6, 6.07) is 0. The maximum Gasteiger partial charge on any atom is 0.0633 e. The topological polar surface area (TPSA) is 52.5 Å². The van der Waals surface area contributed by atoms with Gasteiger partial charge in [-0.25, -0.2) is 0 Å². The van der Waals surface area contributed by atoms with E-state index in [-0.39, 0.29) is 13.2 Å². The second-order valence-electron chi connectivity index (χ2n) is 5.10. The third-order valence-electron chi connectivity index (χ3n) is 3.53. The summed E-state index contributed by atoms with van der Waals surface area (Å²) in [4.78, 5) is 0. The zero-order valence-electron chi connectivity index (χ0n) is 9.84. The van der Waals surface area contributed by atoms with Gasteiger partial charge in [0.2, 0.25) is 0 Å². The van der Waals surface area contributed by atoms with Crippen LogP contribution in [0.3, 0.4) is 0 Å². The van der Waals surface area contributed by atoms with Gasteiger partial charge in [-0.2, -0.15) is 0 Å². The third kappa shape index (κ3) is 4.49. The third-order valence-corrected chi connectivity index (χ3v) is 3.53. The second-order valence-corrected chi connectivity index (χ2v) is 5.10. The highest BCUT2D eigenvalue weighted by Crippen LogP contribution is 2.25. The number of hydrogen-bond acceptors (Lipinski definition) is 3. The van der Waals surface area contributed by atoms with Crippen LogP contribution in [0.2, 0.25) is 0 Å². The van der Waals surface area contributed by atoms with Crippen LogP contribution in [0.25, 0.3) is 0 Å². The zero-order valence-corrected chi connectivity index (χ0v) is 9.84. The molecule has 0 heterocycles. The Hall–Kier alpha value is -0.120. The van der Waals surface area contributed by atoms with Crippen molar-refractivity contribution in [2.24, 2.45) is 5.92 Å². The standard InChI is InChI=1S/C12H25NO2/c1-12(9-14,10-15)13-8-7-11-5-3-2-4-6-11/h11,13-15H,2-10H2,1H3. The molecule has 3 N–H and O–H groups in total. The number of hydrogen-bond donors (Lipinski definition) is 3. The summed E-state index contributed by atoms with van der Waals surface area (Å²) < 4.78 is 0. The molecule has 0 saturated heterocycles. The highest BCUT2D eigenvalue weighted by atomic mass is 16.3. The summed E-state index contributed by atoms with van der Waals surface area (Å²) in [5, 5.41) is 21.4. The smallest absolute Gasteiger partial charge is 0.0633 e. The lowest BCUT2D eigenvalue weighted by atomic mass is 9.87. The molecule has 1 rings (SSSR count). The first kappa shape index (κ1) is 12.9. The summed E-state index contributed by atoms with van der Waals surface area (Å²) in [6.45, 7) is 2.75. The average Bonchev–Trinajstić information content (AvgIpc) is 2.30.